The summed E-state index contributed by atoms with van der Waals surface area (Å²) in [5, 5.41) is 0. The molecule has 0 radical (unpaired) electrons. The van der Waals surface area contributed by atoms with Gasteiger partial charge >= 0.3 is 6.18 Å². The van der Waals surface area contributed by atoms with E-state index in [1.54, 1.807) is 12.1 Å². The number of alkyl halides is 6. The van der Waals surface area contributed by atoms with Gasteiger partial charge < -0.3 is 0 Å². The van der Waals surface area contributed by atoms with Crippen LogP contribution in [0.2, 0.25) is 0 Å². The van der Waals surface area contributed by atoms with Gasteiger partial charge in [-0.1, -0.05) is 60.7 Å². The SMILES string of the molecule is FC(C(F)(F)F)C(F)(F)C(c1ccccc1)c1ccccc1. The summed E-state index contributed by atoms with van der Waals surface area (Å²) in [5.41, 5.74) is -0.156. The Labute approximate surface area is 123 Å². The molecule has 118 valence electrons. The van der Waals surface area contributed by atoms with Gasteiger partial charge in [-0.3, -0.25) is 0 Å². The molecule has 2 rings (SSSR count). The van der Waals surface area contributed by atoms with Gasteiger partial charge in [0.1, 0.15) is 0 Å². The average molecular weight is 318 g/mol. The highest BCUT2D eigenvalue weighted by Crippen LogP contribution is 2.46. The molecule has 0 bridgehead atoms. The molecule has 0 aliphatic carbocycles. The molecule has 2 aromatic rings. The fourth-order valence-corrected chi connectivity index (χ4v) is 2.29. The first-order chi connectivity index (χ1) is 10.2. The molecule has 0 saturated heterocycles. The van der Waals surface area contributed by atoms with Crippen LogP contribution in [0.4, 0.5) is 26.3 Å². The Morgan fingerprint density at radius 1 is 0.636 bits per heavy atom. The van der Waals surface area contributed by atoms with Crippen molar-refractivity contribution in [1.29, 1.82) is 0 Å². The van der Waals surface area contributed by atoms with Crippen LogP contribution >= 0.6 is 0 Å². The third-order valence-corrected chi connectivity index (χ3v) is 3.28. The second kappa shape index (κ2) is 6.02. The molecular weight excluding hydrogens is 306 g/mol. The lowest BCUT2D eigenvalue weighted by Gasteiger charge is -2.31. The van der Waals surface area contributed by atoms with Crippen LogP contribution in [0.5, 0.6) is 0 Å². The van der Waals surface area contributed by atoms with Crippen LogP contribution in [0.15, 0.2) is 60.7 Å². The summed E-state index contributed by atoms with van der Waals surface area (Å²) >= 11 is 0. The maximum absolute atomic E-state index is 14.3. The van der Waals surface area contributed by atoms with Gasteiger partial charge in [0.15, 0.2) is 0 Å². The monoisotopic (exact) mass is 318 g/mol. The lowest BCUT2D eigenvalue weighted by Crippen LogP contribution is -2.46. The van der Waals surface area contributed by atoms with Crippen molar-refractivity contribution in [3.8, 4) is 0 Å². The van der Waals surface area contributed by atoms with Gasteiger partial charge in [-0.15, -0.1) is 0 Å². The minimum absolute atomic E-state index is 0.0781. The minimum Gasteiger partial charge on any atom is -0.231 e. The molecule has 22 heavy (non-hydrogen) atoms. The Balaban J connectivity index is 2.54. The number of rotatable bonds is 4. The fraction of sp³-hybridized carbons (Fsp3) is 0.250. The second-order valence-electron chi connectivity index (χ2n) is 4.83. The molecular formula is C16H12F6. The molecule has 0 N–H and O–H groups in total. The highest BCUT2D eigenvalue weighted by atomic mass is 19.4. The molecule has 1 unspecified atom stereocenters. The second-order valence-corrected chi connectivity index (χ2v) is 4.83. The molecule has 0 aliphatic heterocycles. The van der Waals surface area contributed by atoms with Crippen LogP contribution in [-0.4, -0.2) is 18.3 Å². The van der Waals surface area contributed by atoms with Gasteiger partial charge in [0.25, 0.3) is 12.1 Å². The Hall–Kier alpha value is -1.98. The van der Waals surface area contributed by atoms with E-state index in [4.69, 9.17) is 0 Å². The first kappa shape index (κ1) is 16.4. The molecule has 2 aromatic carbocycles. The maximum atomic E-state index is 14.3. The number of hydrogen-bond acceptors (Lipinski definition) is 0. The van der Waals surface area contributed by atoms with Crippen molar-refractivity contribution in [2.45, 2.75) is 24.2 Å². The van der Waals surface area contributed by atoms with E-state index in [1.165, 1.54) is 48.5 Å². The summed E-state index contributed by atoms with van der Waals surface area (Å²) in [6.07, 6.45) is -9.88. The van der Waals surface area contributed by atoms with E-state index in [0.717, 1.165) is 0 Å². The van der Waals surface area contributed by atoms with E-state index in [0.29, 0.717) is 0 Å². The molecule has 0 nitrogen and oxygen atoms in total. The highest BCUT2D eigenvalue weighted by Gasteiger charge is 2.60. The molecule has 1 atom stereocenters. The van der Waals surface area contributed by atoms with Crippen molar-refractivity contribution in [1.82, 2.24) is 0 Å². The van der Waals surface area contributed by atoms with Gasteiger partial charge in [-0.05, 0) is 11.1 Å². The topological polar surface area (TPSA) is 0 Å². The molecule has 0 amide bonds. The third-order valence-electron chi connectivity index (χ3n) is 3.28. The Bertz CT molecular complexity index is 552. The predicted octanol–water partition coefficient (Wildman–Crippen LogP) is 5.35. The van der Waals surface area contributed by atoms with Crippen molar-refractivity contribution in [3.63, 3.8) is 0 Å². The Morgan fingerprint density at radius 2 is 1.00 bits per heavy atom. The highest BCUT2D eigenvalue weighted by molar-refractivity contribution is 5.35. The van der Waals surface area contributed by atoms with Crippen molar-refractivity contribution in [3.05, 3.63) is 71.8 Å². The minimum atomic E-state index is -5.63. The summed E-state index contributed by atoms with van der Waals surface area (Å²) < 4.78 is 79.4. The maximum Gasteiger partial charge on any atom is 0.425 e. The third kappa shape index (κ3) is 3.26. The van der Waals surface area contributed by atoms with Crippen LogP contribution in [-0.2, 0) is 0 Å². The van der Waals surface area contributed by atoms with E-state index < -0.39 is 24.2 Å². The lowest BCUT2D eigenvalue weighted by atomic mass is 9.83. The standard InChI is InChI=1S/C16H12F6/c17-14(16(20,21)22)15(18,19)13(11-7-3-1-4-8-11)12-9-5-2-6-10-12/h1-10,13-14H. The summed E-state index contributed by atoms with van der Waals surface area (Å²) in [6.45, 7) is 0. The Morgan fingerprint density at radius 3 is 1.32 bits per heavy atom. The van der Waals surface area contributed by atoms with Crippen LogP contribution in [0.25, 0.3) is 0 Å². The Kier molecular flexibility index (Phi) is 4.49. The zero-order valence-corrected chi connectivity index (χ0v) is 11.2. The van der Waals surface area contributed by atoms with E-state index in [2.05, 4.69) is 0 Å². The van der Waals surface area contributed by atoms with Crippen molar-refractivity contribution < 1.29 is 26.3 Å². The zero-order valence-electron chi connectivity index (χ0n) is 11.2. The quantitative estimate of drug-likeness (QED) is 0.666. The van der Waals surface area contributed by atoms with Gasteiger partial charge in [0.2, 0.25) is 0 Å². The van der Waals surface area contributed by atoms with E-state index in [9.17, 15) is 26.3 Å². The van der Waals surface area contributed by atoms with Gasteiger partial charge in [0.05, 0.1) is 5.92 Å². The van der Waals surface area contributed by atoms with E-state index in [1.807, 2.05) is 0 Å². The fourth-order valence-electron chi connectivity index (χ4n) is 2.29. The molecule has 6 heteroatoms. The molecule has 0 spiro atoms. The molecule has 0 saturated carbocycles. The normalized spacial score (nSPS) is 14.1. The van der Waals surface area contributed by atoms with Gasteiger partial charge in [-0.25, -0.2) is 13.2 Å². The smallest absolute Gasteiger partial charge is 0.231 e. The van der Waals surface area contributed by atoms with Crippen LogP contribution < -0.4 is 0 Å². The van der Waals surface area contributed by atoms with E-state index >= 15 is 0 Å². The summed E-state index contributed by atoms with van der Waals surface area (Å²) in [5.74, 6) is -6.65. The first-order valence-electron chi connectivity index (χ1n) is 6.43. The molecule has 0 aliphatic rings. The summed E-state index contributed by atoms with van der Waals surface area (Å²) in [6, 6.07) is 13.8. The summed E-state index contributed by atoms with van der Waals surface area (Å²) in [7, 11) is 0. The van der Waals surface area contributed by atoms with Gasteiger partial charge in [-0.2, -0.15) is 13.2 Å². The van der Waals surface area contributed by atoms with Gasteiger partial charge in [0, 0.05) is 0 Å². The van der Waals surface area contributed by atoms with Crippen molar-refractivity contribution >= 4 is 0 Å². The molecule has 0 fully saturated rings. The van der Waals surface area contributed by atoms with Crippen LogP contribution in [0.1, 0.15) is 17.0 Å². The average Bonchev–Trinajstić information content (AvgIpc) is 2.47. The zero-order chi connectivity index (χ0) is 16.4. The van der Waals surface area contributed by atoms with E-state index in [-0.39, 0.29) is 11.1 Å². The van der Waals surface area contributed by atoms with Crippen LogP contribution in [0.3, 0.4) is 0 Å². The summed E-state index contributed by atoms with van der Waals surface area (Å²) in [4.78, 5) is 0. The molecule has 0 aromatic heterocycles. The van der Waals surface area contributed by atoms with Crippen molar-refractivity contribution in [2.24, 2.45) is 0 Å². The number of benzene rings is 2. The lowest BCUT2D eigenvalue weighted by molar-refractivity contribution is -0.247. The predicted molar refractivity (Wildman–Crippen MR) is 70.6 cm³/mol. The van der Waals surface area contributed by atoms with Crippen LogP contribution in [0, 0.1) is 0 Å². The first-order valence-corrected chi connectivity index (χ1v) is 6.43. The number of hydrogen-bond donors (Lipinski definition) is 0. The molecule has 0 heterocycles. The number of halogens is 6. The largest absolute Gasteiger partial charge is 0.425 e. The van der Waals surface area contributed by atoms with Crippen molar-refractivity contribution in [2.75, 3.05) is 0 Å².